The third-order valence-electron chi connectivity index (χ3n) is 5.67. The zero-order chi connectivity index (χ0) is 23.0. The van der Waals surface area contributed by atoms with Crippen LogP contribution in [0.15, 0.2) is 36.6 Å². The van der Waals surface area contributed by atoms with E-state index in [-0.39, 0.29) is 17.9 Å². The highest BCUT2D eigenvalue weighted by atomic mass is 16.5. The van der Waals surface area contributed by atoms with E-state index in [4.69, 9.17) is 24.2 Å². The standard InChI is InChI=1S/C24H28N4O4/c1-13(2)28-15(4)26-19-11-18(16-7-8-20(30-5)21(9-16)31-6)27-24(23(19)28)32-14(3)17-10-22(29)25-12-17/h7-9,11,13,17H,3,10,12H2,1-2,4-6H3,(H,25,29)/t17-/m1/s1. The maximum Gasteiger partial charge on any atom is 0.246 e. The molecule has 1 N–H and O–H groups in total. The fourth-order valence-corrected chi connectivity index (χ4v) is 4.09. The van der Waals surface area contributed by atoms with Crippen molar-refractivity contribution in [3.05, 3.63) is 42.4 Å². The Balaban J connectivity index is 1.84. The molecule has 1 atom stereocenters. The van der Waals surface area contributed by atoms with Crippen molar-refractivity contribution in [2.75, 3.05) is 20.8 Å². The number of fused-ring (bicyclic) bond motifs is 1. The van der Waals surface area contributed by atoms with Gasteiger partial charge in [-0.3, -0.25) is 4.79 Å². The van der Waals surface area contributed by atoms with Crippen molar-refractivity contribution in [2.45, 2.75) is 33.2 Å². The number of ether oxygens (including phenoxy) is 3. The van der Waals surface area contributed by atoms with Crippen molar-refractivity contribution >= 4 is 16.9 Å². The normalized spacial score (nSPS) is 15.8. The lowest BCUT2D eigenvalue weighted by Crippen LogP contribution is -2.16. The van der Waals surface area contributed by atoms with E-state index in [1.165, 1.54) is 0 Å². The van der Waals surface area contributed by atoms with Gasteiger partial charge in [0.25, 0.3) is 0 Å². The zero-order valence-electron chi connectivity index (χ0n) is 19.1. The van der Waals surface area contributed by atoms with Crippen LogP contribution in [0.4, 0.5) is 0 Å². The number of benzene rings is 1. The number of carbonyl (C=O) groups excluding carboxylic acids is 1. The maximum atomic E-state index is 11.7. The maximum absolute atomic E-state index is 11.7. The third-order valence-corrected chi connectivity index (χ3v) is 5.67. The minimum atomic E-state index is -0.0967. The molecule has 1 amide bonds. The first kappa shape index (κ1) is 21.7. The van der Waals surface area contributed by atoms with E-state index < -0.39 is 0 Å². The molecule has 168 valence electrons. The van der Waals surface area contributed by atoms with Crippen LogP contribution in [0.25, 0.3) is 22.3 Å². The van der Waals surface area contributed by atoms with Crippen molar-refractivity contribution in [1.82, 2.24) is 19.9 Å². The second kappa shape index (κ2) is 8.53. The van der Waals surface area contributed by atoms with Crippen molar-refractivity contribution in [3.63, 3.8) is 0 Å². The van der Waals surface area contributed by atoms with Gasteiger partial charge < -0.3 is 24.1 Å². The number of rotatable bonds is 7. The van der Waals surface area contributed by atoms with Gasteiger partial charge in [-0.15, -0.1) is 0 Å². The molecule has 3 aromatic rings. The first-order chi connectivity index (χ1) is 15.3. The fraction of sp³-hybridized carbons (Fsp3) is 0.375. The number of methoxy groups -OCH3 is 2. The smallest absolute Gasteiger partial charge is 0.246 e. The Bertz CT molecular complexity index is 1200. The van der Waals surface area contributed by atoms with Crippen LogP contribution < -0.4 is 19.5 Å². The van der Waals surface area contributed by atoms with Crippen molar-refractivity contribution < 1.29 is 19.0 Å². The second-order valence-electron chi connectivity index (χ2n) is 8.15. The van der Waals surface area contributed by atoms with E-state index >= 15 is 0 Å². The van der Waals surface area contributed by atoms with Crippen molar-refractivity contribution in [2.24, 2.45) is 5.92 Å². The van der Waals surface area contributed by atoms with Crippen LogP contribution >= 0.6 is 0 Å². The van der Waals surface area contributed by atoms with Gasteiger partial charge in [0.2, 0.25) is 11.8 Å². The molecule has 3 heterocycles. The van der Waals surface area contributed by atoms with Crippen LogP contribution in [-0.2, 0) is 4.79 Å². The molecule has 32 heavy (non-hydrogen) atoms. The van der Waals surface area contributed by atoms with Gasteiger partial charge in [0.15, 0.2) is 11.5 Å². The minimum Gasteiger partial charge on any atom is -0.493 e. The molecule has 1 aliphatic heterocycles. The van der Waals surface area contributed by atoms with Crippen molar-refractivity contribution in [3.8, 4) is 28.6 Å². The Morgan fingerprint density at radius 1 is 1.19 bits per heavy atom. The van der Waals surface area contributed by atoms with Crippen LogP contribution in [0.2, 0.25) is 0 Å². The molecule has 0 spiro atoms. The lowest BCUT2D eigenvalue weighted by atomic mass is 10.1. The summed E-state index contributed by atoms with van der Waals surface area (Å²) in [6.45, 7) is 10.7. The van der Waals surface area contributed by atoms with Gasteiger partial charge in [-0.1, -0.05) is 6.58 Å². The molecule has 0 radical (unpaired) electrons. The monoisotopic (exact) mass is 436 g/mol. The van der Waals surface area contributed by atoms with Gasteiger partial charge in [-0.2, -0.15) is 0 Å². The first-order valence-corrected chi connectivity index (χ1v) is 10.6. The number of pyridine rings is 1. The highest BCUT2D eigenvalue weighted by Gasteiger charge is 2.27. The van der Waals surface area contributed by atoms with Crippen LogP contribution in [-0.4, -0.2) is 41.2 Å². The predicted octanol–water partition coefficient (Wildman–Crippen LogP) is 4.03. The SMILES string of the molecule is C=C(Oc1nc(-c2ccc(OC)c(OC)c2)cc2nc(C)n(C(C)C)c12)[C@H]1CNC(=O)C1. The van der Waals surface area contributed by atoms with Crippen LogP contribution in [0.3, 0.4) is 0 Å². The average Bonchev–Trinajstić information content (AvgIpc) is 3.35. The number of nitrogens with one attached hydrogen (secondary N) is 1. The molecule has 8 nitrogen and oxygen atoms in total. The van der Waals surface area contributed by atoms with Gasteiger partial charge in [0.05, 0.1) is 25.4 Å². The number of aryl methyl sites for hydroxylation is 1. The van der Waals surface area contributed by atoms with Gasteiger partial charge >= 0.3 is 0 Å². The highest BCUT2D eigenvalue weighted by Crippen LogP contribution is 2.36. The molecule has 1 aliphatic rings. The predicted molar refractivity (Wildman–Crippen MR) is 122 cm³/mol. The summed E-state index contributed by atoms with van der Waals surface area (Å²) in [4.78, 5) is 21.3. The molecule has 2 aromatic heterocycles. The van der Waals surface area contributed by atoms with Crippen LogP contribution in [0, 0.1) is 12.8 Å². The first-order valence-electron chi connectivity index (χ1n) is 10.6. The Morgan fingerprint density at radius 3 is 2.56 bits per heavy atom. The van der Waals surface area contributed by atoms with Gasteiger partial charge in [0.1, 0.15) is 17.1 Å². The van der Waals surface area contributed by atoms with Gasteiger partial charge in [0, 0.05) is 30.5 Å². The molecule has 0 aliphatic carbocycles. The summed E-state index contributed by atoms with van der Waals surface area (Å²) in [5, 5.41) is 2.82. The number of carbonyl (C=O) groups is 1. The number of nitrogens with zero attached hydrogens (tertiary/aromatic N) is 3. The average molecular weight is 437 g/mol. The van der Waals surface area contributed by atoms with Crippen LogP contribution in [0.5, 0.6) is 17.4 Å². The third kappa shape index (κ3) is 3.88. The molecule has 4 rings (SSSR count). The summed E-state index contributed by atoms with van der Waals surface area (Å²) < 4.78 is 19.1. The van der Waals surface area contributed by atoms with E-state index in [9.17, 15) is 4.79 Å². The second-order valence-corrected chi connectivity index (χ2v) is 8.15. The van der Waals surface area contributed by atoms with Gasteiger partial charge in [-0.05, 0) is 45.0 Å². The summed E-state index contributed by atoms with van der Waals surface area (Å²) >= 11 is 0. The molecule has 0 unspecified atom stereocenters. The molecule has 1 fully saturated rings. The Labute approximate surface area is 187 Å². The van der Waals surface area contributed by atoms with E-state index in [2.05, 4.69) is 30.3 Å². The molecule has 0 saturated carbocycles. The summed E-state index contributed by atoms with van der Waals surface area (Å²) in [5.41, 5.74) is 3.12. The van der Waals surface area contributed by atoms with E-state index in [0.717, 1.165) is 22.4 Å². The topological polar surface area (TPSA) is 87.5 Å². The van der Waals surface area contributed by atoms with E-state index in [1.54, 1.807) is 14.2 Å². The van der Waals surface area contributed by atoms with E-state index in [0.29, 0.717) is 41.8 Å². The Hall–Kier alpha value is -3.55. The highest BCUT2D eigenvalue weighted by molar-refractivity contribution is 5.86. The molecule has 8 heteroatoms. The minimum absolute atomic E-state index is 0.00000127. The summed E-state index contributed by atoms with van der Waals surface area (Å²) in [7, 11) is 3.20. The molecular weight excluding hydrogens is 408 g/mol. The number of imidazole rings is 1. The summed E-state index contributed by atoms with van der Waals surface area (Å²) in [6.07, 6.45) is 0.361. The van der Waals surface area contributed by atoms with Crippen molar-refractivity contribution in [1.29, 1.82) is 0 Å². The summed E-state index contributed by atoms with van der Waals surface area (Å²) in [6, 6.07) is 7.74. The van der Waals surface area contributed by atoms with E-state index in [1.807, 2.05) is 31.2 Å². The number of hydrogen-bond acceptors (Lipinski definition) is 6. The Kier molecular flexibility index (Phi) is 5.78. The lowest BCUT2D eigenvalue weighted by molar-refractivity contribution is -0.119. The fourth-order valence-electron chi connectivity index (χ4n) is 4.09. The molecule has 0 bridgehead atoms. The molecular formula is C24H28N4O4. The lowest BCUT2D eigenvalue weighted by Gasteiger charge is -2.17. The van der Waals surface area contributed by atoms with Crippen LogP contribution in [0.1, 0.15) is 32.1 Å². The summed E-state index contributed by atoms with van der Waals surface area (Å²) in [5.74, 6) is 2.95. The number of amides is 1. The van der Waals surface area contributed by atoms with Gasteiger partial charge in [-0.25, -0.2) is 9.97 Å². The largest absolute Gasteiger partial charge is 0.493 e. The number of hydrogen-bond donors (Lipinski definition) is 1. The Morgan fingerprint density at radius 2 is 1.94 bits per heavy atom. The number of aromatic nitrogens is 3. The molecule has 1 aromatic carbocycles. The molecule has 1 saturated heterocycles. The quantitative estimate of drug-likeness (QED) is 0.563. The zero-order valence-corrected chi connectivity index (χ0v) is 19.1.